The molecule has 0 aromatic rings. The van der Waals surface area contributed by atoms with Crippen LogP contribution in [0, 0.1) is 13.8 Å². The Bertz CT molecular complexity index is 232. The molecule has 0 bridgehead atoms. The van der Waals surface area contributed by atoms with E-state index in [9.17, 15) is 0 Å². The van der Waals surface area contributed by atoms with Gasteiger partial charge in [0.1, 0.15) is 0 Å². The summed E-state index contributed by atoms with van der Waals surface area (Å²) in [4.78, 5) is 36.4. The molecule has 4 N–H and O–H groups in total. The van der Waals surface area contributed by atoms with Gasteiger partial charge in [0.2, 0.25) is 0 Å². The van der Waals surface area contributed by atoms with Crippen LogP contribution in [-0.4, -0.2) is 35.1 Å². The zero-order valence-corrected chi connectivity index (χ0v) is 23.2. The van der Waals surface area contributed by atoms with Gasteiger partial charge < -0.3 is 56.0 Å². The Morgan fingerprint density at radius 1 is 0.625 bits per heavy atom. The quantitative estimate of drug-likeness (QED) is 0.226. The molecule has 0 fully saturated rings. The zero-order valence-electron chi connectivity index (χ0n) is 15.3. The Hall–Kier alpha value is 1.85. The third-order valence-electron chi connectivity index (χ3n) is 0.250. The topological polar surface area (TPSA) is 163 Å². The summed E-state index contributed by atoms with van der Waals surface area (Å²) in [6.07, 6.45) is 0. The molecule has 0 rings (SSSR count). The minimum atomic E-state index is -0.583. The second-order valence-electron chi connectivity index (χ2n) is 2.87. The number of hydrogen-bond donors (Lipinski definition) is 0. The summed E-state index contributed by atoms with van der Waals surface area (Å²) < 4.78 is 0. The first kappa shape index (κ1) is 44.9. The second-order valence-corrected chi connectivity index (χ2v) is 5.57. The molecule has 0 aromatic heterocycles. The molecular weight excluding hydrogens is 406 g/mol. The Balaban J connectivity index is -0.0000000298. The molecule has 24 heavy (non-hydrogen) atoms. The minimum absolute atomic E-state index is 0. The van der Waals surface area contributed by atoms with Crippen LogP contribution in [-0.2, 0) is 19.2 Å². The fourth-order valence-electron chi connectivity index (χ4n) is 0.118. The van der Waals surface area contributed by atoms with Crippen LogP contribution < -0.4 is 103 Å². The molecule has 8 nitrogen and oxygen atoms in total. The van der Waals surface area contributed by atoms with E-state index in [0.717, 1.165) is 11.5 Å². The fraction of sp³-hybridized carbons (Fsp3) is 0.500. The van der Waals surface area contributed by atoms with Gasteiger partial charge in [0, 0.05) is 23.6 Å². The Morgan fingerprint density at radius 2 is 0.708 bits per heavy atom. The smallest absolute Gasteiger partial charge is 0.668 e. The number of nitrogens with one attached hydrogen (secondary N) is 4. The van der Waals surface area contributed by atoms with Crippen LogP contribution in [0.3, 0.4) is 0 Å². The molecule has 0 spiro atoms. The van der Waals surface area contributed by atoms with E-state index in [0.29, 0.717) is 0 Å². The Kier molecular flexibility index (Phi) is 83.0. The summed E-state index contributed by atoms with van der Waals surface area (Å²) in [5, 5.41) is 0. The third-order valence-corrected chi connectivity index (χ3v) is 2.25. The molecule has 12 heteroatoms. The Labute approximate surface area is 238 Å². The number of hydrogen-bond acceptors (Lipinski definition) is 6. The van der Waals surface area contributed by atoms with Gasteiger partial charge in [-0.25, -0.2) is 0 Å². The molecular formula is C12H24K2N4O4S2-4. The van der Waals surface area contributed by atoms with Gasteiger partial charge >= 0.3 is 103 Å². The number of carbonyl (C=O) groups is 4. The van der Waals surface area contributed by atoms with Crippen molar-refractivity contribution in [2.45, 2.75) is 27.7 Å². The first-order valence-electron chi connectivity index (χ1n) is 5.56. The molecule has 134 valence electrons. The van der Waals surface area contributed by atoms with Crippen LogP contribution in [0.4, 0.5) is 0 Å². The van der Waals surface area contributed by atoms with Gasteiger partial charge in [-0.15, -0.1) is 33.1 Å². The van der Waals surface area contributed by atoms with Crippen molar-refractivity contribution < 1.29 is 122 Å². The van der Waals surface area contributed by atoms with Gasteiger partial charge in [-0.3, -0.25) is 0 Å². The largest absolute Gasteiger partial charge is 1.00 e. The number of amides is 4. The average molecular weight is 431 g/mol. The van der Waals surface area contributed by atoms with Crippen LogP contribution >= 0.6 is 21.6 Å². The summed E-state index contributed by atoms with van der Waals surface area (Å²) >= 11 is 0. The van der Waals surface area contributed by atoms with Crippen molar-refractivity contribution in [1.82, 2.24) is 0 Å². The van der Waals surface area contributed by atoms with Crippen molar-refractivity contribution in [3.05, 3.63) is 36.8 Å². The van der Waals surface area contributed by atoms with E-state index in [2.05, 4.69) is 13.8 Å². The van der Waals surface area contributed by atoms with Crippen molar-refractivity contribution >= 4 is 45.2 Å². The molecule has 4 amide bonds. The van der Waals surface area contributed by atoms with Gasteiger partial charge in [-0.05, 0) is 27.7 Å². The summed E-state index contributed by atoms with van der Waals surface area (Å²) in [5.41, 5.74) is 23.8. The predicted octanol–water partition coefficient (Wildman–Crippen LogP) is -1.62. The SMILES string of the molecule is CC([NH-])=O.CC([NH-])=O.CC([NH-])=O.CC([NH-])=O.[CH2-]CSSC[CH2-].[K+].[K+]. The summed E-state index contributed by atoms with van der Waals surface area (Å²) in [5.74, 6) is -0.444. The van der Waals surface area contributed by atoms with E-state index in [1.54, 1.807) is 21.6 Å². The first-order valence-corrected chi connectivity index (χ1v) is 8.05. The monoisotopic (exact) mass is 430 g/mol. The van der Waals surface area contributed by atoms with Crippen LogP contribution in [0.1, 0.15) is 27.7 Å². The molecule has 0 aromatic carbocycles. The van der Waals surface area contributed by atoms with Gasteiger partial charge in [0.25, 0.3) is 0 Å². The fourth-order valence-corrected chi connectivity index (χ4v) is 1.06. The molecule has 0 unspecified atom stereocenters. The molecule has 0 aliphatic rings. The van der Waals surface area contributed by atoms with E-state index in [4.69, 9.17) is 42.1 Å². The van der Waals surface area contributed by atoms with Gasteiger partial charge in [-0.1, -0.05) is 0 Å². The van der Waals surface area contributed by atoms with Gasteiger partial charge in [-0.2, -0.15) is 0 Å². The normalized spacial score (nSPS) is 6.42. The molecule has 0 heterocycles. The maximum atomic E-state index is 9.11. The third kappa shape index (κ3) is 529. The maximum Gasteiger partial charge on any atom is 1.00 e. The summed E-state index contributed by atoms with van der Waals surface area (Å²) in [7, 11) is 3.50. The average Bonchev–Trinajstić information content (AvgIpc) is 2.23. The van der Waals surface area contributed by atoms with E-state index < -0.39 is 23.6 Å². The number of carbonyl (C=O) groups excluding carboxylic acids is 4. The second kappa shape index (κ2) is 44.4. The van der Waals surface area contributed by atoms with E-state index in [1.807, 2.05) is 0 Å². The van der Waals surface area contributed by atoms with Crippen molar-refractivity contribution in [2.24, 2.45) is 0 Å². The van der Waals surface area contributed by atoms with Crippen molar-refractivity contribution in [1.29, 1.82) is 0 Å². The molecule has 0 aliphatic carbocycles. The zero-order chi connectivity index (χ0) is 19.1. The maximum absolute atomic E-state index is 9.11. The molecule has 0 saturated carbocycles. The van der Waals surface area contributed by atoms with Crippen molar-refractivity contribution in [3.63, 3.8) is 0 Å². The number of rotatable bonds is 3. The van der Waals surface area contributed by atoms with E-state index in [1.165, 1.54) is 27.7 Å². The minimum Gasteiger partial charge on any atom is -0.668 e. The van der Waals surface area contributed by atoms with Gasteiger partial charge in [0.15, 0.2) is 0 Å². The van der Waals surface area contributed by atoms with Crippen LogP contribution in [0.5, 0.6) is 0 Å². The van der Waals surface area contributed by atoms with Crippen molar-refractivity contribution in [2.75, 3.05) is 11.5 Å². The van der Waals surface area contributed by atoms with Crippen LogP contribution in [0.2, 0.25) is 0 Å². The Morgan fingerprint density at radius 3 is 0.750 bits per heavy atom. The van der Waals surface area contributed by atoms with Gasteiger partial charge in [0.05, 0.1) is 0 Å². The predicted molar refractivity (Wildman–Crippen MR) is 95.6 cm³/mol. The van der Waals surface area contributed by atoms with Crippen LogP contribution in [0.25, 0.3) is 22.9 Å². The standard InChI is InChI=1S/C4H8S2.4C2H5NO.2K/c1-3-5-6-4-2;4*1-2(3)4;;/h1-4H2;4*1H3,(H2,3,4);;/q-2;;;;;2*+1/p-4. The first-order chi connectivity index (χ1) is 9.84. The molecule has 0 radical (unpaired) electrons. The van der Waals surface area contributed by atoms with E-state index in [-0.39, 0.29) is 103 Å². The summed E-state index contributed by atoms with van der Waals surface area (Å²) in [6, 6.07) is 0. The van der Waals surface area contributed by atoms with E-state index >= 15 is 0 Å². The van der Waals surface area contributed by atoms with Crippen LogP contribution in [0.15, 0.2) is 0 Å². The molecule has 0 saturated heterocycles. The van der Waals surface area contributed by atoms with Crippen molar-refractivity contribution in [3.8, 4) is 0 Å². The molecule has 0 atom stereocenters. The summed E-state index contributed by atoms with van der Waals surface area (Å²) in [6.45, 7) is 12.1. The molecule has 0 aliphatic heterocycles.